The van der Waals surface area contributed by atoms with Crippen LogP contribution in [0, 0.1) is 5.82 Å². The van der Waals surface area contributed by atoms with Gasteiger partial charge in [-0.05, 0) is 36.4 Å². The van der Waals surface area contributed by atoms with E-state index in [1.165, 1.54) is 23.9 Å². The van der Waals surface area contributed by atoms with E-state index in [1.807, 2.05) is 18.2 Å². The molecule has 1 aliphatic heterocycles. The molecule has 0 aromatic heterocycles. The van der Waals surface area contributed by atoms with Crippen LogP contribution >= 0.6 is 11.8 Å². The van der Waals surface area contributed by atoms with Crippen molar-refractivity contribution in [3.63, 3.8) is 0 Å². The predicted octanol–water partition coefficient (Wildman–Crippen LogP) is 3.56. The van der Waals surface area contributed by atoms with Crippen LogP contribution in [0.25, 0.3) is 0 Å². The monoisotopic (exact) mass is 290 g/mol. The SMILES string of the molecule is O=Cc1cc(F)cc(Sc2ccc3c(c2)OCCO3)c1. The van der Waals surface area contributed by atoms with Gasteiger partial charge in [-0.3, -0.25) is 4.79 Å². The third-order valence-electron chi connectivity index (χ3n) is 2.78. The number of carbonyl (C=O) groups excluding carboxylic acids is 1. The number of halogens is 1. The molecule has 0 atom stereocenters. The fourth-order valence-electron chi connectivity index (χ4n) is 1.93. The molecule has 0 aliphatic carbocycles. The number of rotatable bonds is 3. The van der Waals surface area contributed by atoms with E-state index < -0.39 is 5.82 Å². The molecule has 0 N–H and O–H groups in total. The van der Waals surface area contributed by atoms with Crippen LogP contribution < -0.4 is 9.47 Å². The van der Waals surface area contributed by atoms with Crippen molar-refractivity contribution in [2.45, 2.75) is 9.79 Å². The van der Waals surface area contributed by atoms with E-state index in [-0.39, 0.29) is 0 Å². The summed E-state index contributed by atoms with van der Waals surface area (Å²) in [6.07, 6.45) is 0.636. The normalized spacial score (nSPS) is 13.1. The molecule has 20 heavy (non-hydrogen) atoms. The van der Waals surface area contributed by atoms with Crippen molar-refractivity contribution in [3.05, 3.63) is 47.8 Å². The first kappa shape index (κ1) is 13.0. The van der Waals surface area contributed by atoms with Crippen molar-refractivity contribution in [2.75, 3.05) is 13.2 Å². The van der Waals surface area contributed by atoms with Crippen LogP contribution in [0.1, 0.15) is 10.4 Å². The van der Waals surface area contributed by atoms with Crippen molar-refractivity contribution in [1.82, 2.24) is 0 Å². The zero-order chi connectivity index (χ0) is 13.9. The zero-order valence-corrected chi connectivity index (χ0v) is 11.3. The summed E-state index contributed by atoms with van der Waals surface area (Å²) in [7, 11) is 0. The van der Waals surface area contributed by atoms with Crippen LogP contribution in [0.2, 0.25) is 0 Å². The number of fused-ring (bicyclic) bond motifs is 1. The van der Waals surface area contributed by atoms with Crippen molar-refractivity contribution in [1.29, 1.82) is 0 Å². The number of hydrogen-bond donors (Lipinski definition) is 0. The third kappa shape index (κ3) is 2.77. The van der Waals surface area contributed by atoms with Crippen LogP contribution in [0.4, 0.5) is 4.39 Å². The second-order valence-electron chi connectivity index (χ2n) is 4.25. The summed E-state index contributed by atoms with van der Waals surface area (Å²) >= 11 is 1.37. The molecule has 2 aromatic carbocycles. The first-order valence-corrected chi connectivity index (χ1v) is 6.89. The minimum absolute atomic E-state index is 0.324. The number of benzene rings is 2. The van der Waals surface area contributed by atoms with Gasteiger partial charge in [-0.2, -0.15) is 0 Å². The molecule has 0 saturated carbocycles. The van der Waals surface area contributed by atoms with E-state index in [2.05, 4.69) is 0 Å². The molecule has 1 aliphatic rings. The van der Waals surface area contributed by atoms with Gasteiger partial charge in [-0.25, -0.2) is 4.39 Å². The molecule has 1 heterocycles. The van der Waals surface area contributed by atoms with E-state index in [4.69, 9.17) is 9.47 Å². The summed E-state index contributed by atoms with van der Waals surface area (Å²) in [4.78, 5) is 12.3. The van der Waals surface area contributed by atoms with Gasteiger partial charge in [0.25, 0.3) is 0 Å². The molecule has 3 nitrogen and oxygen atoms in total. The van der Waals surface area contributed by atoms with Gasteiger partial charge in [-0.15, -0.1) is 0 Å². The average Bonchev–Trinajstić information content (AvgIpc) is 2.46. The smallest absolute Gasteiger partial charge is 0.162 e. The standard InChI is InChI=1S/C15H11FO3S/c16-11-5-10(9-17)6-13(7-11)20-12-1-2-14-15(8-12)19-4-3-18-14/h1-2,5-9H,3-4H2. The Morgan fingerprint density at radius 3 is 2.60 bits per heavy atom. The van der Waals surface area contributed by atoms with Gasteiger partial charge >= 0.3 is 0 Å². The summed E-state index contributed by atoms with van der Waals surface area (Å²) in [5, 5.41) is 0. The average molecular weight is 290 g/mol. The fourth-order valence-corrected chi connectivity index (χ4v) is 2.88. The molecule has 0 amide bonds. The van der Waals surface area contributed by atoms with Gasteiger partial charge in [0.05, 0.1) is 0 Å². The molecule has 0 spiro atoms. The van der Waals surface area contributed by atoms with Crippen molar-refractivity contribution in [2.24, 2.45) is 0 Å². The summed E-state index contributed by atoms with van der Waals surface area (Å²) in [6, 6.07) is 9.82. The number of ether oxygens (including phenoxy) is 2. The Kier molecular flexibility index (Phi) is 3.60. The fraction of sp³-hybridized carbons (Fsp3) is 0.133. The summed E-state index contributed by atoms with van der Waals surface area (Å²) in [5.41, 5.74) is 0.324. The molecule has 0 fully saturated rings. The Bertz CT molecular complexity index is 658. The van der Waals surface area contributed by atoms with Crippen molar-refractivity contribution < 1.29 is 18.7 Å². The molecule has 5 heteroatoms. The molecular formula is C15H11FO3S. The summed E-state index contributed by atoms with van der Waals surface area (Å²) < 4.78 is 24.3. The molecule has 0 saturated heterocycles. The maximum absolute atomic E-state index is 13.4. The van der Waals surface area contributed by atoms with Crippen molar-refractivity contribution >= 4 is 18.0 Å². The van der Waals surface area contributed by atoms with E-state index in [0.29, 0.717) is 41.5 Å². The molecule has 0 bridgehead atoms. The molecule has 102 valence electrons. The second-order valence-corrected chi connectivity index (χ2v) is 5.39. The minimum Gasteiger partial charge on any atom is -0.486 e. The Labute approximate surface area is 119 Å². The van der Waals surface area contributed by atoms with Gasteiger partial charge in [-0.1, -0.05) is 11.8 Å². The topological polar surface area (TPSA) is 35.5 Å². The number of carbonyl (C=O) groups is 1. The van der Waals surface area contributed by atoms with E-state index >= 15 is 0 Å². The largest absolute Gasteiger partial charge is 0.486 e. The number of aldehydes is 1. The van der Waals surface area contributed by atoms with Crippen molar-refractivity contribution in [3.8, 4) is 11.5 Å². The highest BCUT2D eigenvalue weighted by molar-refractivity contribution is 7.99. The second kappa shape index (κ2) is 5.54. The highest BCUT2D eigenvalue weighted by Gasteiger charge is 2.12. The molecule has 0 unspecified atom stereocenters. The Morgan fingerprint density at radius 2 is 1.80 bits per heavy atom. The first-order chi connectivity index (χ1) is 9.74. The lowest BCUT2D eigenvalue weighted by atomic mass is 10.2. The number of hydrogen-bond acceptors (Lipinski definition) is 4. The highest BCUT2D eigenvalue weighted by Crippen LogP contribution is 2.37. The minimum atomic E-state index is -0.422. The zero-order valence-electron chi connectivity index (χ0n) is 10.5. The third-order valence-corrected chi connectivity index (χ3v) is 3.74. The Morgan fingerprint density at radius 1 is 1.00 bits per heavy atom. The van der Waals surface area contributed by atoms with Gasteiger partial charge in [0.1, 0.15) is 25.3 Å². The van der Waals surface area contributed by atoms with E-state index in [0.717, 1.165) is 4.90 Å². The summed E-state index contributed by atoms with van der Waals surface area (Å²) in [6.45, 7) is 1.07. The predicted molar refractivity (Wildman–Crippen MR) is 73.3 cm³/mol. The maximum Gasteiger partial charge on any atom is 0.162 e. The lowest BCUT2D eigenvalue weighted by Crippen LogP contribution is -2.15. The van der Waals surface area contributed by atoms with Crippen LogP contribution in [0.15, 0.2) is 46.2 Å². The van der Waals surface area contributed by atoms with Gasteiger partial charge < -0.3 is 9.47 Å². The van der Waals surface area contributed by atoms with Gasteiger partial charge in [0.2, 0.25) is 0 Å². The Hall–Kier alpha value is -2.01. The van der Waals surface area contributed by atoms with E-state index in [1.54, 1.807) is 6.07 Å². The quantitative estimate of drug-likeness (QED) is 0.810. The lowest BCUT2D eigenvalue weighted by Gasteiger charge is -2.18. The maximum atomic E-state index is 13.4. The molecule has 0 radical (unpaired) electrons. The van der Waals surface area contributed by atoms with Crippen LogP contribution in [0.3, 0.4) is 0 Å². The van der Waals surface area contributed by atoms with Crippen LogP contribution in [-0.2, 0) is 0 Å². The van der Waals surface area contributed by atoms with Gasteiger partial charge in [0, 0.05) is 15.4 Å². The Balaban J connectivity index is 1.87. The van der Waals surface area contributed by atoms with Gasteiger partial charge in [0.15, 0.2) is 11.5 Å². The lowest BCUT2D eigenvalue weighted by molar-refractivity contribution is 0.112. The summed E-state index contributed by atoms with van der Waals surface area (Å²) in [5.74, 6) is 0.983. The molecular weight excluding hydrogens is 279 g/mol. The van der Waals surface area contributed by atoms with Crippen LogP contribution in [-0.4, -0.2) is 19.5 Å². The highest BCUT2D eigenvalue weighted by atomic mass is 32.2. The molecule has 2 aromatic rings. The van der Waals surface area contributed by atoms with E-state index in [9.17, 15) is 9.18 Å². The molecule has 3 rings (SSSR count). The first-order valence-electron chi connectivity index (χ1n) is 6.08. The van der Waals surface area contributed by atoms with Crippen LogP contribution in [0.5, 0.6) is 11.5 Å².